The van der Waals surface area contributed by atoms with Crippen molar-refractivity contribution in [1.82, 2.24) is 37.9 Å². The van der Waals surface area contributed by atoms with Gasteiger partial charge in [0.15, 0.2) is 0 Å². The zero-order chi connectivity index (χ0) is 43.1. The van der Waals surface area contributed by atoms with Crippen LogP contribution in [0.1, 0.15) is 120 Å². The molecule has 10 rings (SSSR count). The molecule has 62 heavy (non-hydrogen) atoms. The van der Waals surface area contributed by atoms with Crippen LogP contribution in [-0.4, -0.2) is 115 Å². The molecule has 17 nitrogen and oxygen atoms in total. The van der Waals surface area contributed by atoms with Gasteiger partial charge in [-0.25, -0.2) is 9.78 Å². The number of carbonyl (C=O) groups excluding carboxylic acids is 4. The maximum absolute atomic E-state index is 14.3. The molecule has 2 aliphatic carbocycles. The number of aromatic nitrogens is 4. The van der Waals surface area contributed by atoms with Gasteiger partial charge in [0.25, 0.3) is 10.2 Å². The molecule has 0 radical (unpaired) electrons. The molecule has 2 spiro atoms. The molecule has 2 aromatic heterocycles. The van der Waals surface area contributed by atoms with E-state index in [1.807, 2.05) is 34.2 Å². The Balaban J connectivity index is 0.731. The molecule has 2 saturated carbocycles. The van der Waals surface area contributed by atoms with Gasteiger partial charge in [-0.2, -0.15) is 22.0 Å². The Morgan fingerprint density at radius 2 is 1.76 bits per heavy atom. The molecule has 4 atom stereocenters. The van der Waals surface area contributed by atoms with Gasteiger partial charge in [-0.1, -0.05) is 25.5 Å². The van der Waals surface area contributed by atoms with Gasteiger partial charge < -0.3 is 10.2 Å². The summed E-state index contributed by atoms with van der Waals surface area (Å²) in [5.74, 6) is 1.09. The Labute approximate surface area is 361 Å². The smallest absolute Gasteiger partial charge is 0.329 e. The Morgan fingerprint density at radius 3 is 2.50 bits per heavy atom. The minimum atomic E-state index is -3.77. The van der Waals surface area contributed by atoms with Crippen molar-refractivity contribution in [3.63, 3.8) is 0 Å². The molecule has 0 bridgehead atoms. The Hall–Kier alpha value is -4.68. The van der Waals surface area contributed by atoms with E-state index in [2.05, 4.69) is 22.5 Å². The monoisotopic (exact) mass is 870 g/mol. The van der Waals surface area contributed by atoms with Crippen LogP contribution in [0.5, 0.6) is 0 Å². The first kappa shape index (κ1) is 41.3. The van der Waals surface area contributed by atoms with Gasteiger partial charge >= 0.3 is 5.69 Å². The van der Waals surface area contributed by atoms with Crippen molar-refractivity contribution in [3.8, 4) is 0 Å². The van der Waals surface area contributed by atoms with E-state index in [1.165, 1.54) is 4.57 Å². The highest BCUT2D eigenvalue weighted by molar-refractivity contribution is 7.86. The van der Waals surface area contributed by atoms with Crippen molar-refractivity contribution in [2.75, 3.05) is 42.9 Å². The van der Waals surface area contributed by atoms with E-state index in [-0.39, 0.29) is 48.3 Å². The van der Waals surface area contributed by atoms with E-state index in [0.717, 1.165) is 67.4 Å². The summed E-state index contributed by atoms with van der Waals surface area (Å²) in [4.78, 5) is 78.5. The van der Waals surface area contributed by atoms with Crippen LogP contribution in [0.4, 0.5) is 11.8 Å². The SMILES string of the molecule is CC1CCCC1N1C(=O)C2(CC2)c2cnc(NC3CCN(S(=O)(=O)N4CCCC45CCN(C(=O)CCCCc4cccc6c4n(C)c(=O)n6C4CCC(=O)NC4=O)C5)CC3)nc21. The summed E-state index contributed by atoms with van der Waals surface area (Å²) in [5, 5.41) is 5.84. The maximum Gasteiger partial charge on any atom is 0.329 e. The van der Waals surface area contributed by atoms with Crippen LogP contribution < -0.4 is 21.2 Å². The number of fused-ring (bicyclic) bond motifs is 3. The number of nitrogens with zero attached hydrogens (tertiary/aromatic N) is 8. The number of unbranched alkanes of at least 4 members (excludes halogenated alkanes) is 1. The number of rotatable bonds is 11. The van der Waals surface area contributed by atoms with Gasteiger partial charge in [0.1, 0.15) is 11.9 Å². The highest BCUT2D eigenvalue weighted by atomic mass is 32.2. The normalized spacial score (nSPS) is 27.9. The Kier molecular flexibility index (Phi) is 10.4. The van der Waals surface area contributed by atoms with E-state index in [4.69, 9.17) is 4.98 Å². The average molecular weight is 871 g/mol. The fraction of sp³-hybridized carbons (Fsp3) is 0.659. The third-order valence-corrected chi connectivity index (χ3v) is 17.6. The number of imide groups is 1. The summed E-state index contributed by atoms with van der Waals surface area (Å²) < 4.78 is 35.0. The number of imidazole rings is 1. The molecule has 332 valence electrons. The Bertz CT molecular complexity index is 2510. The lowest BCUT2D eigenvalue weighted by Gasteiger charge is -2.39. The van der Waals surface area contributed by atoms with Crippen molar-refractivity contribution in [3.05, 3.63) is 46.0 Å². The first-order valence-corrected chi connectivity index (χ1v) is 24.3. The standard InChI is InChI=1S/C44H58N10O7S/c1-28-8-5-11-32(28)54-38-31(44(19-20-44)40(54)58)26-45-41(48-38)46-30-16-23-51(24-17-30)62(60,61)52-22-7-18-43(52)21-25-50(27-43)36(56)13-4-3-9-29-10-6-12-33-37(29)49(2)42(59)53(33)34-14-15-35(55)47-39(34)57/h6,10,12,26,28,30,32,34H,3-5,7-9,11,13-25,27H2,1-2H3,(H,45,46,48)(H,47,55,57). The molecule has 5 aliphatic heterocycles. The number of para-hydroxylation sites is 1. The number of anilines is 2. The summed E-state index contributed by atoms with van der Waals surface area (Å²) >= 11 is 0. The zero-order valence-corrected chi connectivity index (χ0v) is 36.6. The summed E-state index contributed by atoms with van der Waals surface area (Å²) in [6, 6.07) is 5.08. The molecular weight excluding hydrogens is 813 g/mol. The van der Waals surface area contributed by atoms with Gasteiger partial charge in [0, 0.05) is 76.5 Å². The second-order valence-electron chi connectivity index (χ2n) is 19.1. The molecule has 3 aromatic rings. The number of carbonyl (C=O) groups is 4. The highest BCUT2D eigenvalue weighted by Crippen LogP contribution is 2.58. The van der Waals surface area contributed by atoms with Gasteiger partial charge in [-0.05, 0) is 101 Å². The number of nitrogens with one attached hydrogen (secondary N) is 2. The molecule has 4 amide bonds. The van der Waals surface area contributed by atoms with E-state index in [0.29, 0.717) is 95.1 Å². The van der Waals surface area contributed by atoms with Gasteiger partial charge in [0.2, 0.25) is 29.6 Å². The predicted octanol–water partition coefficient (Wildman–Crippen LogP) is 3.28. The average Bonchev–Trinajstić information content (AvgIpc) is 3.53. The van der Waals surface area contributed by atoms with E-state index >= 15 is 0 Å². The number of piperidine rings is 2. The van der Waals surface area contributed by atoms with Crippen LogP contribution >= 0.6 is 0 Å². The lowest BCUT2D eigenvalue weighted by molar-refractivity contribution is -0.136. The lowest BCUT2D eigenvalue weighted by Crippen LogP contribution is -2.56. The number of hydrogen-bond donors (Lipinski definition) is 2. The molecule has 18 heteroatoms. The minimum Gasteiger partial charge on any atom is -0.351 e. The van der Waals surface area contributed by atoms with E-state index in [9.17, 15) is 32.4 Å². The van der Waals surface area contributed by atoms with Crippen LogP contribution in [0.2, 0.25) is 0 Å². The number of benzene rings is 1. The second kappa shape index (κ2) is 15.5. The lowest BCUT2D eigenvalue weighted by atomic mass is 9.97. The number of hydrogen-bond acceptors (Lipinski definition) is 10. The molecular formula is C44H58N10O7S. The van der Waals surface area contributed by atoms with E-state index < -0.39 is 33.1 Å². The molecule has 7 heterocycles. The molecule has 4 saturated heterocycles. The fourth-order valence-electron chi connectivity index (χ4n) is 11.8. The van der Waals surface area contributed by atoms with Gasteiger partial charge in [-0.3, -0.25) is 38.5 Å². The van der Waals surface area contributed by atoms with Crippen molar-refractivity contribution in [2.24, 2.45) is 13.0 Å². The van der Waals surface area contributed by atoms with Crippen LogP contribution in [0.3, 0.4) is 0 Å². The van der Waals surface area contributed by atoms with Crippen LogP contribution in [0, 0.1) is 5.92 Å². The first-order valence-electron chi connectivity index (χ1n) is 22.9. The van der Waals surface area contributed by atoms with Crippen molar-refractivity contribution in [1.29, 1.82) is 0 Å². The van der Waals surface area contributed by atoms with Crippen molar-refractivity contribution in [2.45, 2.75) is 139 Å². The van der Waals surface area contributed by atoms with Crippen LogP contribution in [0.25, 0.3) is 11.0 Å². The third kappa shape index (κ3) is 6.77. The molecule has 7 aliphatic rings. The summed E-state index contributed by atoms with van der Waals surface area (Å²) in [6.07, 6.45) is 12.9. The maximum atomic E-state index is 14.3. The molecule has 4 unspecified atom stereocenters. The Morgan fingerprint density at radius 1 is 0.952 bits per heavy atom. The van der Waals surface area contributed by atoms with Crippen LogP contribution in [-0.2, 0) is 48.3 Å². The summed E-state index contributed by atoms with van der Waals surface area (Å²) in [7, 11) is -2.07. The highest BCUT2D eigenvalue weighted by Gasteiger charge is 2.62. The number of aryl methyl sites for hydroxylation is 2. The topological polar surface area (TPSA) is 192 Å². The fourth-order valence-corrected chi connectivity index (χ4v) is 13.9. The van der Waals surface area contributed by atoms with Crippen LogP contribution in [0.15, 0.2) is 29.2 Å². The number of amides is 4. The summed E-state index contributed by atoms with van der Waals surface area (Å²) in [5.41, 5.74) is 1.96. The second-order valence-corrected chi connectivity index (χ2v) is 21.0. The van der Waals surface area contributed by atoms with Crippen molar-refractivity contribution >= 4 is 56.6 Å². The summed E-state index contributed by atoms with van der Waals surface area (Å²) in [6.45, 7) is 4.34. The third-order valence-electron chi connectivity index (χ3n) is 15.4. The van der Waals surface area contributed by atoms with E-state index in [1.54, 1.807) is 20.2 Å². The quantitative estimate of drug-likeness (QED) is 0.214. The largest absolute Gasteiger partial charge is 0.351 e. The zero-order valence-electron chi connectivity index (χ0n) is 35.8. The number of likely N-dealkylation sites (tertiary alicyclic amines) is 1. The van der Waals surface area contributed by atoms with Gasteiger partial charge in [-0.15, -0.1) is 0 Å². The minimum absolute atomic E-state index is 0.00351. The molecule has 1 aromatic carbocycles. The first-order chi connectivity index (χ1) is 29.8. The molecule has 2 N–H and O–H groups in total. The van der Waals surface area contributed by atoms with Gasteiger partial charge in [0.05, 0.1) is 22.0 Å². The van der Waals surface area contributed by atoms with Crippen molar-refractivity contribution < 1.29 is 27.6 Å². The molecule has 6 fully saturated rings. The predicted molar refractivity (Wildman–Crippen MR) is 230 cm³/mol.